The van der Waals surface area contributed by atoms with E-state index in [1.165, 1.54) is 5.56 Å². The van der Waals surface area contributed by atoms with Crippen molar-refractivity contribution in [1.29, 1.82) is 0 Å². The van der Waals surface area contributed by atoms with Crippen LogP contribution in [0.25, 0.3) is 0 Å². The first-order valence-electron chi connectivity index (χ1n) is 6.25. The van der Waals surface area contributed by atoms with Crippen molar-refractivity contribution in [3.05, 3.63) is 42.0 Å². The van der Waals surface area contributed by atoms with Gasteiger partial charge in [-0.3, -0.25) is 0 Å². The molecule has 2 atom stereocenters. The molecule has 2 heteroatoms. The maximum absolute atomic E-state index is 9.54. The van der Waals surface area contributed by atoms with E-state index < -0.39 is 0 Å². The van der Waals surface area contributed by atoms with Crippen LogP contribution in [-0.4, -0.2) is 18.3 Å². The number of methoxy groups -OCH3 is 1. The maximum atomic E-state index is 9.54. The first kappa shape index (κ1) is 12.2. The predicted octanol–water partition coefficient (Wildman–Crippen LogP) is 2.95. The van der Waals surface area contributed by atoms with Gasteiger partial charge in [0.25, 0.3) is 0 Å². The quantitative estimate of drug-likeness (QED) is 0.809. The number of hydrogen-bond acceptors (Lipinski definition) is 2. The van der Waals surface area contributed by atoms with Crippen LogP contribution in [0.3, 0.4) is 0 Å². The maximum Gasteiger partial charge on any atom is 0.118 e. The van der Waals surface area contributed by atoms with Crippen molar-refractivity contribution >= 4 is 0 Å². The molecule has 2 rings (SSSR count). The molecule has 0 unspecified atom stereocenters. The number of aliphatic hydroxyl groups excluding tert-OH is 1. The van der Waals surface area contributed by atoms with Crippen LogP contribution in [-0.2, 0) is 6.42 Å². The van der Waals surface area contributed by atoms with Gasteiger partial charge in [-0.1, -0.05) is 24.3 Å². The second kappa shape index (κ2) is 5.87. The van der Waals surface area contributed by atoms with Crippen LogP contribution >= 0.6 is 0 Å². The SMILES string of the molecule is COc1ccc(CC[C@H]2CC=C[C@@H](O)C2)cc1. The molecule has 0 aliphatic heterocycles. The summed E-state index contributed by atoms with van der Waals surface area (Å²) in [6.07, 6.45) is 8.02. The van der Waals surface area contributed by atoms with E-state index in [-0.39, 0.29) is 6.10 Å². The van der Waals surface area contributed by atoms with Gasteiger partial charge in [-0.25, -0.2) is 0 Å². The topological polar surface area (TPSA) is 29.5 Å². The Morgan fingerprint density at radius 2 is 2.06 bits per heavy atom. The fourth-order valence-corrected chi connectivity index (χ4v) is 2.34. The van der Waals surface area contributed by atoms with Gasteiger partial charge in [0.1, 0.15) is 5.75 Å². The zero-order valence-electron chi connectivity index (χ0n) is 10.3. The summed E-state index contributed by atoms with van der Waals surface area (Å²) in [5.74, 6) is 1.53. The molecule has 0 spiro atoms. The average molecular weight is 232 g/mol. The molecule has 1 aromatic rings. The highest BCUT2D eigenvalue weighted by molar-refractivity contribution is 5.27. The smallest absolute Gasteiger partial charge is 0.118 e. The Morgan fingerprint density at radius 3 is 2.71 bits per heavy atom. The average Bonchev–Trinajstić information content (AvgIpc) is 2.37. The lowest BCUT2D eigenvalue weighted by molar-refractivity contribution is 0.175. The van der Waals surface area contributed by atoms with Gasteiger partial charge in [-0.15, -0.1) is 0 Å². The molecule has 92 valence electrons. The summed E-state index contributed by atoms with van der Waals surface area (Å²) in [7, 11) is 1.69. The third kappa shape index (κ3) is 3.60. The van der Waals surface area contributed by atoms with E-state index in [0.717, 1.165) is 31.4 Å². The Kier molecular flexibility index (Phi) is 4.21. The van der Waals surface area contributed by atoms with Gasteiger partial charge in [0.15, 0.2) is 0 Å². The molecule has 1 aliphatic carbocycles. The predicted molar refractivity (Wildman–Crippen MR) is 69.2 cm³/mol. The number of aliphatic hydroxyl groups is 1. The fourth-order valence-electron chi connectivity index (χ4n) is 2.34. The number of hydrogen-bond donors (Lipinski definition) is 1. The first-order valence-corrected chi connectivity index (χ1v) is 6.25. The van der Waals surface area contributed by atoms with E-state index in [0.29, 0.717) is 5.92 Å². The highest BCUT2D eigenvalue weighted by Crippen LogP contribution is 2.24. The van der Waals surface area contributed by atoms with Gasteiger partial charge >= 0.3 is 0 Å². The summed E-state index contributed by atoms with van der Waals surface area (Å²) in [6.45, 7) is 0. The second-order valence-electron chi connectivity index (χ2n) is 4.72. The number of ether oxygens (including phenoxy) is 1. The molecule has 0 bridgehead atoms. The Balaban J connectivity index is 1.83. The van der Waals surface area contributed by atoms with Gasteiger partial charge in [-0.05, 0) is 49.3 Å². The minimum absolute atomic E-state index is 0.232. The number of aryl methyl sites for hydroxylation is 1. The van der Waals surface area contributed by atoms with Gasteiger partial charge < -0.3 is 9.84 Å². The molecule has 17 heavy (non-hydrogen) atoms. The van der Waals surface area contributed by atoms with E-state index in [2.05, 4.69) is 18.2 Å². The van der Waals surface area contributed by atoms with Crippen LogP contribution < -0.4 is 4.74 Å². The molecule has 1 aliphatic rings. The molecule has 0 saturated heterocycles. The van der Waals surface area contributed by atoms with Crippen LogP contribution in [0, 0.1) is 5.92 Å². The molecular weight excluding hydrogens is 212 g/mol. The molecule has 1 N–H and O–H groups in total. The molecule has 2 nitrogen and oxygen atoms in total. The van der Waals surface area contributed by atoms with Crippen molar-refractivity contribution in [3.63, 3.8) is 0 Å². The number of benzene rings is 1. The standard InChI is InChI=1S/C15H20O2/c1-17-15-9-7-12(8-10-15)5-6-13-3-2-4-14(16)11-13/h2,4,7-10,13-14,16H,3,5-6,11H2,1H3/t13-,14-/m1/s1. The zero-order valence-corrected chi connectivity index (χ0v) is 10.3. The second-order valence-corrected chi connectivity index (χ2v) is 4.72. The molecular formula is C15H20O2. The van der Waals surface area contributed by atoms with Gasteiger partial charge in [-0.2, -0.15) is 0 Å². The third-order valence-electron chi connectivity index (χ3n) is 3.40. The Morgan fingerprint density at radius 1 is 1.29 bits per heavy atom. The van der Waals surface area contributed by atoms with Gasteiger partial charge in [0, 0.05) is 0 Å². The lowest BCUT2D eigenvalue weighted by Gasteiger charge is -2.21. The number of rotatable bonds is 4. The first-order chi connectivity index (χ1) is 8.28. The zero-order chi connectivity index (χ0) is 12.1. The number of allylic oxidation sites excluding steroid dienone is 1. The molecule has 0 saturated carbocycles. The summed E-state index contributed by atoms with van der Waals surface area (Å²) in [4.78, 5) is 0. The minimum atomic E-state index is -0.232. The lowest BCUT2D eigenvalue weighted by atomic mass is 9.87. The Hall–Kier alpha value is -1.28. The van der Waals surface area contributed by atoms with E-state index >= 15 is 0 Å². The molecule has 0 heterocycles. The van der Waals surface area contributed by atoms with Crippen molar-refractivity contribution < 1.29 is 9.84 Å². The minimum Gasteiger partial charge on any atom is -0.497 e. The van der Waals surface area contributed by atoms with Gasteiger partial charge in [0.2, 0.25) is 0 Å². The van der Waals surface area contributed by atoms with E-state index in [4.69, 9.17) is 4.74 Å². The van der Waals surface area contributed by atoms with Crippen molar-refractivity contribution in [3.8, 4) is 5.75 Å². The molecule has 0 aromatic heterocycles. The molecule has 0 amide bonds. The van der Waals surface area contributed by atoms with E-state index in [1.54, 1.807) is 7.11 Å². The Bertz CT molecular complexity index is 367. The summed E-state index contributed by atoms with van der Waals surface area (Å²) >= 11 is 0. The van der Waals surface area contributed by atoms with Crippen LogP contribution in [0.1, 0.15) is 24.8 Å². The lowest BCUT2D eigenvalue weighted by Crippen LogP contribution is -2.15. The van der Waals surface area contributed by atoms with Crippen LogP contribution in [0.5, 0.6) is 5.75 Å². The third-order valence-corrected chi connectivity index (χ3v) is 3.40. The molecule has 1 aromatic carbocycles. The molecule has 0 radical (unpaired) electrons. The summed E-state index contributed by atoms with van der Waals surface area (Å²) in [6, 6.07) is 8.25. The molecule has 0 fully saturated rings. The van der Waals surface area contributed by atoms with Crippen molar-refractivity contribution in [2.45, 2.75) is 31.8 Å². The Labute approximate surface area is 103 Å². The normalized spacial score (nSPS) is 23.6. The van der Waals surface area contributed by atoms with Crippen molar-refractivity contribution in [2.24, 2.45) is 5.92 Å². The van der Waals surface area contributed by atoms with Crippen LogP contribution in [0.2, 0.25) is 0 Å². The highest BCUT2D eigenvalue weighted by atomic mass is 16.5. The highest BCUT2D eigenvalue weighted by Gasteiger charge is 2.15. The van der Waals surface area contributed by atoms with Crippen molar-refractivity contribution in [2.75, 3.05) is 7.11 Å². The van der Waals surface area contributed by atoms with Crippen LogP contribution in [0.15, 0.2) is 36.4 Å². The summed E-state index contributed by atoms with van der Waals surface area (Å²) < 4.78 is 5.14. The van der Waals surface area contributed by atoms with E-state index in [9.17, 15) is 5.11 Å². The van der Waals surface area contributed by atoms with E-state index in [1.807, 2.05) is 18.2 Å². The monoisotopic (exact) mass is 232 g/mol. The van der Waals surface area contributed by atoms with Crippen LogP contribution in [0.4, 0.5) is 0 Å². The van der Waals surface area contributed by atoms with Gasteiger partial charge in [0.05, 0.1) is 13.2 Å². The largest absolute Gasteiger partial charge is 0.497 e. The fraction of sp³-hybridized carbons (Fsp3) is 0.467. The van der Waals surface area contributed by atoms with Crippen molar-refractivity contribution in [1.82, 2.24) is 0 Å². The summed E-state index contributed by atoms with van der Waals surface area (Å²) in [5.41, 5.74) is 1.34. The summed E-state index contributed by atoms with van der Waals surface area (Å²) in [5, 5.41) is 9.54.